The van der Waals surface area contributed by atoms with Crippen LogP contribution in [0.1, 0.15) is 243 Å². The molecule has 16 N–H and O–H groups in total. The topological polar surface area (TPSA) is 554 Å². The molecular formula is C96H124F4N24O16S4. The summed E-state index contributed by atoms with van der Waals surface area (Å²) in [7, 11) is 0. The number of hydrogen-bond acceptors (Lipinski definition) is 40. The molecule has 8 heterocycles. The third-order valence-corrected chi connectivity index (χ3v) is 27.2. The Hall–Kier alpha value is -9.52. The van der Waals surface area contributed by atoms with Gasteiger partial charge in [-0.05, 0) is 147 Å². The molecule has 8 aliphatic rings. The van der Waals surface area contributed by atoms with Gasteiger partial charge in [0.05, 0.1) is 118 Å². The van der Waals surface area contributed by atoms with Crippen LogP contribution < -0.4 is 21.3 Å². The fourth-order valence-corrected chi connectivity index (χ4v) is 18.6. The van der Waals surface area contributed by atoms with E-state index in [0.717, 1.165) is 53.0 Å². The standard InChI is InChI=1S/4C24H31FN6O4S/c4*1-3-8-36-24-27-22(26-16-10-14(16)13-5-4-12(2)15(25)9-13)19-23(28-24)31(30-29-19)17-11-18(35-7-6-32)21(34)20(17)33/h4*4-5,9,14,16-18,20-21,32-34H,3,6-8,10-11H2,1-2H3,(H,26,27,28)/t4*14-,16+,17+,18-,20-,21+/m0000/s1/i6D2,7D2,8D2,10D2,16D;3D2,7D2,8D2,10D2,16D;3D2,6D2,8D2,10D2,16D;3D2,8D2,10D2,16D. The first-order valence-corrected chi connectivity index (χ1v) is 48.2. The Morgan fingerprint density at radius 1 is 0.361 bits per heavy atom. The number of anilines is 4. The molecule has 12 aromatic rings. The van der Waals surface area contributed by atoms with E-state index >= 15 is 0 Å². The fourth-order valence-electron chi connectivity index (χ4n) is 16.6. The zero-order chi connectivity index (χ0) is 132. The lowest BCUT2D eigenvalue weighted by atomic mass is 10.1. The minimum absolute atomic E-state index is 0.0420. The second-order valence-corrected chi connectivity index (χ2v) is 37.0. The highest BCUT2D eigenvalue weighted by atomic mass is 32.2. The van der Waals surface area contributed by atoms with Crippen molar-refractivity contribution in [3.8, 4) is 0 Å². The summed E-state index contributed by atoms with van der Waals surface area (Å²) in [6.45, 7) is -3.21. The number of aromatic nitrogens is 20. The van der Waals surface area contributed by atoms with Crippen LogP contribution in [0.3, 0.4) is 0 Å². The SMILES string of the molecule is [2H]C([2H])(C)C([2H])([2H])Sc1nc(N[C@@]2([2H])[C@H](c3ccc(C)c(F)c3)C2([2H])[2H])c2nnn([C@@H]3C[C@H](OCCO)[C@@H](O)[C@H]3O)c2n1.[2H]C([2H])(CC)Sc1nc(N[C@@]2([2H])[C@H](c3ccc(C)c(F)c3)C2([2H])[2H])c2nnn([C@@H]3C[C@H](OC([2H])([2H])C([2H])([2H])O)[C@@H](O)[C@H]3O)c2n1.[2H]C([2H])(CO)O[C@H]1C[C@@H](n2nnc3c(N[C@@]4([2H])[C@H](c5ccc(C)c(F)c5)C4([2H])[2H])nc(SC([2H])([2H])C([2H])([2H])C)nc32)[C@H](O)[C@@H]1O.[2H]C([2H])(O)CO[C@H]1C[C@@H](n2nnc3c(N[C@@]4([2H])[C@H](c5ccc(C)c(F)c5)C4([2H])[2H])nc(SC([2H])([2H])C([2H])([2H])C)nc32)[C@H](O)[C@@H]1O. The second kappa shape index (κ2) is 47.3. The number of nitrogens with one attached hydrogen (secondary N) is 4. The lowest BCUT2D eigenvalue weighted by Gasteiger charge is -2.17. The molecule has 4 aromatic carbocycles. The van der Waals surface area contributed by atoms with Gasteiger partial charge in [-0.15, -0.1) is 20.4 Å². The zero-order valence-electron chi connectivity index (χ0n) is 111. The largest absolute Gasteiger partial charge is 0.394 e. The van der Waals surface area contributed by atoms with Crippen LogP contribution in [0, 0.1) is 51.0 Å². The van der Waals surface area contributed by atoms with E-state index in [0.29, 0.717) is 69.3 Å². The number of fused-ring (bicyclic) bond motifs is 4. The molecule has 0 bridgehead atoms. The van der Waals surface area contributed by atoms with Crippen molar-refractivity contribution in [3.05, 3.63) is 141 Å². The highest BCUT2D eigenvalue weighted by molar-refractivity contribution is 7.99. The van der Waals surface area contributed by atoms with E-state index in [9.17, 15) is 73.7 Å². The van der Waals surface area contributed by atoms with Crippen LogP contribution in [0.4, 0.5) is 40.8 Å². The Morgan fingerprint density at radius 2 is 0.632 bits per heavy atom. The van der Waals surface area contributed by atoms with Gasteiger partial charge in [-0.3, -0.25) is 0 Å². The number of aliphatic hydroxyl groups excluding tert-OH is 10. The van der Waals surface area contributed by atoms with Gasteiger partial charge in [0.2, 0.25) is 0 Å². The smallest absolute Gasteiger partial charge is 0.191 e. The number of thioether (sulfide) groups is 4. The summed E-state index contributed by atoms with van der Waals surface area (Å²) >= 11 is 1.60. The van der Waals surface area contributed by atoms with Crippen molar-refractivity contribution in [2.45, 2.75) is 298 Å². The minimum Gasteiger partial charge on any atom is -0.394 e. The van der Waals surface area contributed by atoms with Crippen molar-refractivity contribution in [2.24, 2.45) is 0 Å². The third kappa shape index (κ3) is 23.8. The number of rotatable bonds is 40. The molecule has 776 valence electrons. The summed E-state index contributed by atoms with van der Waals surface area (Å²) in [5.74, 6) is -7.79. The minimum atomic E-state index is -3.43. The van der Waals surface area contributed by atoms with E-state index in [-0.39, 0.29) is 156 Å². The first-order chi connectivity index (χ1) is 81.8. The monoisotopic (exact) mass is 2110 g/mol. The first-order valence-electron chi connectivity index (χ1n) is 61.9. The van der Waals surface area contributed by atoms with Crippen molar-refractivity contribution in [1.29, 1.82) is 0 Å². The number of hydrogen-bond donors (Lipinski definition) is 16. The molecule has 0 saturated heterocycles. The van der Waals surface area contributed by atoms with Crippen LogP contribution in [-0.2, 0) is 18.9 Å². The maximum absolute atomic E-state index is 14.4. The van der Waals surface area contributed by atoms with Crippen molar-refractivity contribution in [3.63, 3.8) is 0 Å². The van der Waals surface area contributed by atoms with Gasteiger partial charge in [0.15, 0.2) is 88.6 Å². The molecule has 8 fully saturated rings. The lowest BCUT2D eigenvalue weighted by molar-refractivity contribution is -0.0629. The quantitative estimate of drug-likeness (QED) is 0.00969. The van der Waals surface area contributed by atoms with E-state index in [4.69, 9.17) is 70.7 Å². The Labute approximate surface area is 891 Å². The number of nitrogens with zero attached hydrogens (tertiary/aromatic N) is 20. The molecule has 24 atom stereocenters. The highest BCUT2D eigenvalue weighted by Crippen LogP contribution is 2.50. The molecule has 40 nitrogen and oxygen atoms in total. The average molecular weight is 2110 g/mol. The molecule has 8 saturated carbocycles. The molecule has 8 aromatic heterocycles. The Balaban J connectivity index is 0.000000157. The van der Waals surface area contributed by atoms with E-state index in [1.807, 2.05) is 0 Å². The molecule has 0 radical (unpaired) electrons. The predicted molar refractivity (Wildman–Crippen MR) is 530 cm³/mol. The number of aliphatic hydroxyl groups is 12. The average Bonchev–Trinajstić information content (AvgIpc) is 1.52. The van der Waals surface area contributed by atoms with E-state index in [1.165, 1.54) is 59.3 Å². The van der Waals surface area contributed by atoms with E-state index in [2.05, 4.69) is 102 Å². The molecule has 0 amide bonds. The van der Waals surface area contributed by atoms with Crippen LogP contribution in [-0.4, -0.2) is 334 Å². The fraction of sp³-hybridized carbons (Fsp3) is 0.583. The maximum atomic E-state index is 14.4. The van der Waals surface area contributed by atoms with Gasteiger partial charge in [-0.2, -0.15) is 0 Å². The van der Waals surface area contributed by atoms with Crippen LogP contribution in [0.5, 0.6) is 0 Å². The van der Waals surface area contributed by atoms with Gasteiger partial charge >= 0.3 is 0 Å². The van der Waals surface area contributed by atoms with Crippen LogP contribution in [0.2, 0.25) is 0 Å². The van der Waals surface area contributed by atoms with Crippen molar-refractivity contribution in [1.82, 2.24) is 99.8 Å². The summed E-state index contributed by atoms with van der Waals surface area (Å²) < 4.78 is 360. The molecule has 8 aliphatic carbocycles. The normalized spacial score (nSPS) is 35.6. The summed E-state index contributed by atoms with van der Waals surface area (Å²) in [5.41, 5.74) is -8.15. The molecule has 0 unspecified atom stereocenters. The molecular weight excluding hydrogens is 1950 g/mol. The van der Waals surface area contributed by atoms with Gasteiger partial charge in [0, 0.05) is 126 Å². The first kappa shape index (κ1) is 70.4. The third-order valence-electron chi connectivity index (χ3n) is 24.4. The molecule has 20 rings (SSSR count). The Morgan fingerprint density at radius 3 is 0.882 bits per heavy atom. The molecule has 0 aliphatic heterocycles. The maximum Gasteiger partial charge on any atom is 0.191 e. The van der Waals surface area contributed by atoms with Crippen LogP contribution in [0.15, 0.2) is 93.4 Å². The number of halogens is 4. The van der Waals surface area contributed by atoms with Crippen LogP contribution in [0.25, 0.3) is 44.7 Å². The van der Waals surface area contributed by atoms with Crippen molar-refractivity contribution < 1.29 is 144 Å². The van der Waals surface area contributed by atoms with Crippen LogP contribution >= 0.6 is 47.0 Å². The predicted octanol–water partition coefficient (Wildman–Crippen LogP) is 8.73. The van der Waals surface area contributed by atoms with E-state index < -0.39 is 275 Å². The van der Waals surface area contributed by atoms with Crippen molar-refractivity contribution >= 4 is 115 Å². The zero-order valence-corrected chi connectivity index (χ0v) is 80.7. The number of aryl methyl sites for hydroxylation is 4. The second-order valence-electron chi connectivity index (χ2n) is 33.8. The van der Waals surface area contributed by atoms with Gasteiger partial charge in [0.25, 0.3) is 0 Å². The van der Waals surface area contributed by atoms with Gasteiger partial charge in [-0.25, -0.2) is 76.2 Å². The van der Waals surface area contributed by atoms with Gasteiger partial charge in [-0.1, -0.05) is 144 Å². The van der Waals surface area contributed by atoms with E-state index in [1.54, 1.807) is 34.6 Å². The number of benzene rings is 4. The Kier molecular flexibility index (Phi) is 23.1. The highest BCUT2D eigenvalue weighted by Gasteiger charge is 2.51. The summed E-state index contributed by atoms with van der Waals surface area (Å²) in [6, 6.07) is 3.94. The summed E-state index contributed by atoms with van der Waals surface area (Å²) in [5, 5.41) is 165. The molecule has 0 spiro atoms. The van der Waals surface area contributed by atoms with Gasteiger partial charge in [0.1, 0.15) is 72.1 Å². The Bertz CT molecular complexity index is 8220. The summed E-state index contributed by atoms with van der Waals surface area (Å²) in [4.78, 5) is 34.4. The lowest BCUT2D eigenvalue weighted by Crippen LogP contribution is -2.33. The number of ether oxygens (including phenoxy) is 4. The van der Waals surface area contributed by atoms with Gasteiger partial charge < -0.3 is 101 Å². The molecule has 48 heteroatoms. The summed E-state index contributed by atoms with van der Waals surface area (Å²) in [6.07, 6.45) is -33.8. The molecule has 144 heavy (non-hydrogen) atoms. The van der Waals surface area contributed by atoms with Crippen molar-refractivity contribution in [2.75, 3.05) is 96.8 Å².